The normalized spacial score (nSPS) is 10.9. The molecule has 0 bridgehead atoms. The van der Waals surface area contributed by atoms with Crippen molar-refractivity contribution in [3.05, 3.63) is 78.1 Å². The van der Waals surface area contributed by atoms with Gasteiger partial charge in [-0.2, -0.15) is 0 Å². The predicted molar refractivity (Wildman–Crippen MR) is 117 cm³/mol. The highest BCUT2D eigenvalue weighted by atomic mass is 32.2. The molecule has 0 spiro atoms. The van der Waals surface area contributed by atoms with Crippen molar-refractivity contribution in [3.8, 4) is 11.5 Å². The van der Waals surface area contributed by atoms with Crippen molar-refractivity contribution in [2.24, 2.45) is 0 Å². The van der Waals surface area contributed by atoms with Crippen molar-refractivity contribution in [3.63, 3.8) is 0 Å². The molecular formula is C22H23N3O5S. The summed E-state index contributed by atoms with van der Waals surface area (Å²) in [5.41, 5.74) is 1.43. The van der Waals surface area contributed by atoms with Crippen LogP contribution in [-0.2, 0) is 16.4 Å². The first-order chi connectivity index (χ1) is 14.9. The second-order valence-electron chi connectivity index (χ2n) is 6.58. The maximum absolute atomic E-state index is 12.5. The molecule has 1 aromatic heterocycles. The first kappa shape index (κ1) is 22.1. The molecule has 2 aromatic carbocycles. The predicted octanol–water partition coefficient (Wildman–Crippen LogP) is 2.87. The Morgan fingerprint density at radius 3 is 2.42 bits per heavy atom. The number of hydrogen-bond donors (Lipinski definition) is 2. The van der Waals surface area contributed by atoms with Crippen molar-refractivity contribution >= 4 is 21.6 Å². The summed E-state index contributed by atoms with van der Waals surface area (Å²) in [7, 11) is -0.631. The zero-order valence-electron chi connectivity index (χ0n) is 17.2. The molecular weight excluding hydrogens is 418 g/mol. The Labute approximate surface area is 181 Å². The van der Waals surface area contributed by atoms with Gasteiger partial charge in [0, 0.05) is 12.7 Å². The molecule has 162 valence electrons. The van der Waals surface area contributed by atoms with Crippen LogP contribution in [0.3, 0.4) is 0 Å². The van der Waals surface area contributed by atoms with Gasteiger partial charge in [-0.15, -0.1) is 0 Å². The van der Waals surface area contributed by atoms with Gasteiger partial charge in [-0.1, -0.05) is 24.3 Å². The number of nitrogens with zero attached hydrogens (tertiary/aromatic N) is 1. The molecule has 9 heteroatoms. The number of methoxy groups -OCH3 is 2. The molecule has 1 heterocycles. The fourth-order valence-corrected chi connectivity index (χ4v) is 3.95. The maximum Gasteiger partial charge on any atom is 0.261 e. The second kappa shape index (κ2) is 9.94. The van der Waals surface area contributed by atoms with Crippen molar-refractivity contribution in [1.82, 2.24) is 10.3 Å². The van der Waals surface area contributed by atoms with Crippen molar-refractivity contribution in [2.45, 2.75) is 11.3 Å². The van der Waals surface area contributed by atoms with E-state index in [2.05, 4.69) is 15.0 Å². The Morgan fingerprint density at radius 1 is 0.968 bits per heavy atom. The van der Waals surface area contributed by atoms with E-state index in [1.54, 1.807) is 32.4 Å². The zero-order valence-corrected chi connectivity index (χ0v) is 18.0. The summed E-state index contributed by atoms with van der Waals surface area (Å²) in [5, 5.41) is 2.81. The quantitative estimate of drug-likeness (QED) is 0.529. The third kappa shape index (κ3) is 5.73. The number of carbonyl (C=O) groups is 1. The van der Waals surface area contributed by atoms with Crippen molar-refractivity contribution in [1.29, 1.82) is 0 Å². The lowest BCUT2D eigenvalue weighted by Crippen LogP contribution is -2.26. The standard InChI is InChI=1S/C22H23N3O5S/c1-29-20-9-8-16(12-21(20)30-2)10-11-24-22(26)17-13-18(15-23-14-17)25-31(27,28)19-6-4-3-5-7-19/h3-9,12-15,25H,10-11H2,1-2H3,(H,24,26). The first-order valence-corrected chi connectivity index (χ1v) is 10.9. The summed E-state index contributed by atoms with van der Waals surface area (Å²) in [5.74, 6) is 0.902. The van der Waals surface area contributed by atoms with E-state index in [1.807, 2.05) is 18.2 Å². The number of pyridine rings is 1. The molecule has 0 aliphatic carbocycles. The van der Waals surface area contributed by atoms with Crippen LogP contribution in [0.4, 0.5) is 5.69 Å². The lowest BCUT2D eigenvalue weighted by Gasteiger charge is -2.11. The summed E-state index contributed by atoms with van der Waals surface area (Å²) in [6.07, 6.45) is 3.31. The Kier molecular flexibility index (Phi) is 7.09. The fourth-order valence-electron chi connectivity index (χ4n) is 2.89. The number of ether oxygens (including phenoxy) is 2. The Hall–Kier alpha value is -3.59. The largest absolute Gasteiger partial charge is 0.493 e. The van der Waals surface area contributed by atoms with E-state index in [4.69, 9.17) is 9.47 Å². The molecule has 0 aliphatic rings. The smallest absolute Gasteiger partial charge is 0.261 e. The van der Waals surface area contributed by atoms with E-state index >= 15 is 0 Å². The van der Waals surface area contributed by atoms with Gasteiger partial charge in [-0.25, -0.2) is 8.42 Å². The first-order valence-electron chi connectivity index (χ1n) is 9.45. The number of aromatic nitrogens is 1. The number of anilines is 1. The van der Waals surface area contributed by atoms with Gasteiger partial charge in [-0.05, 0) is 42.3 Å². The van der Waals surface area contributed by atoms with Gasteiger partial charge in [-0.3, -0.25) is 14.5 Å². The molecule has 0 fully saturated rings. The number of benzene rings is 2. The van der Waals surface area contributed by atoms with Gasteiger partial charge in [0.1, 0.15) is 0 Å². The highest BCUT2D eigenvalue weighted by Crippen LogP contribution is 2.27. The van der Waals surface area contributed by atoms with Crippen molar-refractivity contribution < 1.29 is 22.7 Å². The zero-order chi connectivity index (χ0) is 22.3. The number of rotatable bonds is 9. The highest BCUT2D eigenvalue weighted by Gasteiger charge is 2.15. The number of nitrogens with one attached hydrogen (secondary N) is 2. The van der Waals surface area contributed by atoms with E-state index in [0.717, 1.165) is 5.56 Å². The van der Waals surface area contributed by atoms with Gasteiger partial charge in [0.25, 0.3) is 15.9 Å². The van der Waals surface area contributed by atoms with Crippen molar-refractivity contribution in [2.75, 3.05) is 25.5 Å². The average Bonchev–Trinajstić information content (AvgIpc) is 2.79. The highest BCUT2D eigenvalue weighted by molar-refractivity contribution is 7.92. The topological polar surface area (TPSA) is 107 Å². The van der Waals surface area contributed by atoms with E-state index < -0.39 is 10.0 Å². The number of sulfonamides is 1. The van der Waals surface area contributed by atoms with Crippen LogP contribution < -0.4 is 19.5 Å². The second-order valence-corrected chi connectivity index (χ2v) is 8.26. The number of amides is 1. The van der Waals surface area contributed by atoms with Gasteiger partial charge in [0.05, 0.1) is 36.6 Å². The van der Waals surface area contributed by atoms with Crippen LogP contribution in [0.1, 0.15) is 15.9 Å². The van der Waals surface area contributed by atoms with E-state index in [-0.39, 0.29) is 22.1 Å². The van der Waals surface area contributed by atoms with Crippen LogP contribution in [0, 0.1) is 0 Å². The molecule has 8 nitrogen and oxygen atoms in total. The average molecular weight is 442 g/mol. The Balaban J connectivity index is 1.61. The molecule has 1 amide bonds. The lowest BCUT2D eigenvalue weighted by molar-refractivity contribution is 0.0954. The molecule has 3 aromatic rings. The van der Waals surface area contributed by atoms with E-state index in [1.165, 1.54) is 30.6 Å². The van der Waals surface area contributed by atoms with Crippen LogP contribution in [0.15, 0.2) is 71.9 Å². The fraction of sp³-hybridized carbons (Fsp3) is 0.182. The summed E-state index contributed by atoms with van der Waals surface area (Å²) in [6.45, 7) is 0.383. The third-order valence-electron chi connectivity index (χ3n) is 4.45. The molecule has 0 saturated carbocycles. The summed E-state index contributed by atoms with van der Waals surface area (Å²) in [6, 6.07) is 15.0. The Morgan fingerprint density at radius 2 is 1.71 bits per heavy atom. The number of carbonyl (C=O) groups excluding carboxylic acids is 1. The van der Waals surface area contributed by atoms with Gasteiger partial charge in [0.2, 0.25) is 0 Å². The molecule has 0 saturated heterocycles. The van der Waals surface area contributed by atoms with Gasteiger partial charge >= 0.3 is 0 Å². The lowest BCUT2D eigenvalue weighted by atomic mass is 10.1. The summed E-state index contributed by atoms with van der Waals surface area (Å²) in [4.78, 5) is 16.6. The Bertz CT molecular complexity index is 1150. The molecule has 0 unspecified atom stereocenters. The maximum atomic E-state index is 12.5. The minimum absolute atomic E-state index is 0.125. The number of hydrogen-bond acceptors (Lipinski definition) is 6. The van der Waals surface area contributed by atoms with E-state index in [0.29, 0.717) is 24.5 Å². The third-order valence-corrected chi connectivity index (χ3v) is 5.85. The SMILES string of the molecule is COc1ccc(CCNC(=O)c2cncc(NS(=O)(=O)c3ccccc3)c2)cc1OC. The molecule has 0 aliphatic heterocycles. The van der Waals surface area contributed by atoms with Crippen LogP contribution in [0.5, 0.6) is 11.5 Å². The molecule has 0 radical (unpaired) electrons. The van der Waals surface area contributed by atoms with Crippen LogP contribution in [0.2, 0.25) is 0 Å². The molecule has 3 rings (SSSR count). The van der Waals surface area contributed by atoms with Gasteiger partial charge in [0.15, 0.2) is 11.5 Å². The molecule has 31 heavy (non-hydrogen) atoms. The van der Waals surface area contributed by atoms with Crippen LogP contribution in [-0.4, -0.2) is 40.1 Å². The molecule has 0 atom stereocenters. The minimum Gasteiger partial charge on any atom is -0.493 e. The summed E-state index contributed by atoms with van der Waals surface area (Å²) < 4.78 is 37.8. The monoisotopic (exact) mass is 441 g/mol. The molecule has 2 N–H and O–H groups in total. The van der Waals surface area contributed by atoms with Crippen LogP contribution in [0.25, 0.3) is 0 Å². The summed E-state index contributed by atoms with van der Waals surface area (Å²) >= 11 is 0. The van der Waals surface area contributed by atoms with Gasteiger partial charge < -0.3 is 14.8 Å². The minimum atomic E-state index is -3.76. The van der Waals surface area contributed by atoms with E-state index in [9.17, 15) is 13.2 Å². The van der Waals surface area contributed by atoms with Crippen LogP contribution >= 0.6 is 0 Å².